The summed E-state index contributed by atoms with van der Waals surface area (Å²) >= 11 is 0. The maximum atomic E-state index is 13.9. The molecule has 0 bridgehead atoms. The zero-order valence-electron chi connectivity index (χ0n) is 19.2. The molecule has 0 aromatic heterocycles. The van der Waals surface area contributed by atoms with Crippen LogP contribution in [-0.2, 0) is 16.1 Å². The van der Waals surface area contributed by atoms with Crippen molar-refractivity contribution in [2.45, 2.75) is 32.0 Å². The molecule has 35 heavy (non-hydrogen) atoms. The molecule has 4 rings (SSSR count). The van der Waals surface area contributed by atoms with Crippen molar-refractivity contribution in [2.75, 3.05) is 11.9 Å². The van der Waals surface area contributed by atoms with Gasteiger partial charge in [0.05, 0.1) is 12.1 Å². The van der Waals surface area contributed by atoms with Crippen LogP contribution in [0.1, 0.15) is 40.9 Å². The van der Waals surface area contributed by atoms with Gasteiger partial charge in [-0.05, 0) is 41.8 Å². The molecule has 0 spiro atoms. The zero-order valence-corrected chi connectivity index (χ0v) is 19.2. The maximum Gasteiger partial charge on any atom is 0.411 e. The lowest BCUT2D eigenvalue weighted by Crippen LogP contribution is -2.46. The van der Waals surface area contributed by atoms with E-state index < -0.39 is 30.0 Å². The number of hydrogen-bond acceptors (Lipinski definition) is 4. The molecule has 1 aliphatic heterocycles. The van der Waals surface area contributed by atoms with Gasteiger partial charge in [-0.2, -0.15) is 0 Å². The van der Waals surface area contributed by atoms with Gasteiger partial charge in [0.25, 0.3) is 5.91 Å². The largest absolute Gasteiger partial charge is 0.438 e. The van der Waals surface area contributed by atoms with Crippen molar-refractivity contribution < 1.29 is 23.5 Å². The van der Waals surface area contributed by atoms with E-state index in [1.807, 2.05) is 37.3 Å². The lowest BCUT2D eigenvalue weighted by Gasteiger charge is -2.24. The highest BCUT2D eigenvalue weighted by Gasteiger charge is 2.46. The van der Waals surface area contributed by atoms with E-state index in [1.165, 1.54) is 23.1 Å². The van der Waals surface area contributed by atoms with Crippen LogP contribution >= 0.6 is 0 Å². The summed E-state index contributed by atoms with van der Waals surface area (Å²) in [6, 6.07) is 20.9. The number of carbonyl (C=O) groups is 3. The number of amides is 3. The van der Waals surface area contributed by atoms with E-state index in [2.05, 4.69) is 10.6 Å². The quantitative estimate of drug-likeness (QED) is 0.496. The fourth-order valence-corrected chi connectivity index (χ4v) is 3.94. The van der Waals surface area contributed by atoms with Crippen LogP contribution in [0.3, 0.4) is 0 Å². The van der Waals surface area contributed by atoms with Crippen LogP contribution in [0.2, 0.25) is 0 Å². The molecular weight excluding hydrogens is 449 g/mol. The second-order valence-corrected chi connectivity index (χ2v) is 8.21. The smallest absolute Gasteiger partial charge is 0.411 e. The average molecular weight is 476 g/mol. The van der Waals surface area contributed by atoms with E-state index >= 15 is 0 Å². The van der Waals surface area contributed by atoms with Crippen molar-refractivity contribution in [3.63, 3.8) is 0 Å². The van der Waals surface area contributed by atoms with E-state index in [9.17, 15) is 18.8 Å². The number of benzene rings is 3. The number of halogens is 1. The summed E-state index contributed by atoms with van der Waals surface area (Å²) in [5, 5.41) is 5.52. The number of nitrogens with one attached hydrogen (secondary N) is 2. The van der Waals surface area contributed by atoms with Gasteiger partial charge in [0.1, 0.15) is 5.82 Å². The van der Waals surface area contributed by atoms with Gasteiger partial charge in [0, 0.05) is 12.2 Å². The van der Waals surface area contributed by atoms with E-state index in [-0.39, 0.29) is 18.0 Å². The molecule has 7 nitrogen and oxygen atoms in total. The number of carbonyl (C=O) groups excluding carboxylic acids is 3. The third-order valence-electron chi connectivity index (χ3n) is 5.71. The molecule has 1 aliphatic rings. The van der Waals surface area contributed by atoms with Crippen molar-refractivity contribution in [3.05, 3.63) is 101 Å². The van der Waals surface area contributed by atoms with Gasteiger partial charge in [-0.1, -0.05) is 61.5 Å². The first-order valence-electron chi connectivity index (χ1n) is 11.4. The van der Waals surface area contributed by atoms with Gasteiger partial charge in [0.15, 0.2) is 12.1 Å². The number of nitrogens with zero attached hydrogens (tertiary/aromatic N) is 1. The van der Waals surface area contributed by atoms with Crippen LogP contribution < -0.4 is 10.6 Å². The Bertz CT molecular complexity index is 1200. The first kappa shape index (κ1) is 23.9. The second kappa shape index (κ2) is 10.8. The minimum Gasteiger partial charge on any atom is -0.438 e. The molecule has 3 aromatic carbocycles. The Kier molecular flexibility index (Phi) is 7.40. The third-order valence-corrected chi connectivity index (χ3v) is 5.71. The standard InChI is InChI=1S/C27H26FN3O4/c1-2-16-29-26(33)23-24(35-27(34)31(23)17-18-8-4-3-5-9-18)19-12-14-20(15-13-19)30-25(32)21-10-6-7-11-22(21)28/h3-15,23-24H,2,16-17H2,1H3,(H,29,33)(H,30,32). The summed E-state index contributed by atoms with van der Waals surface area (Å²) in [5.41, 5.74) is 1.86. The van der Waals surface area contributed by atoms with Crippen LogP contribution in [0.5, 0.6) is 0 Å². The van der Waals surface area contributed by atoms with E-state index in [0.29, 0.717) is 17.8 Å². The molecule has 1 heterocycles. The van der Waals surface area contributed by atoms with Gasteiger partial charge >= 0.3 is 6.09 Å². The second-order valence-electron chi connectivity index (χ2n) is 8.21. The molecule has 1 saturated heterocycles. The predicted molar refractivity (Wildman–Crippen MR) is 129 cm³/mol. The normalized spacial score (nSPS) is 17.1. The lowest BCUT2D eigenvalue weighted by atomic mass is 10.00. The monoisotopic (exact) mass is 475 g/mol. The van der Waals surface area contributed by atoms with Crippen molar-refractivity contribution in [3.8, 4) is 0 Å². The van der Waals surface area contributed by atoms with Gasteiger partial charge in [-0.25, -0.2) is 9.18 Å². The summed E-state index contributed by atoms with van der Waals surface area (Å²) in [7, 11) is 0. The molecule has 0 aliphatic carbocycles. The Morgan fingerprint density at radius 3 is 2.34 bits per heavy atom. The summed E-state index contributed by atoms with van der Waals surface area (Å²) in [5.74, 6) is -1.48. The summed E-state index contributed by atoms with van der Waals surface area (Å²) in [6.07, 6.45) is -0.639. The molecule has 2 unspecified atom stereocenters. The van der Waals surface area contributed by atoms with Crippen molar-refractivity contribution in [2.24, 2.45) is 0 Å². The molecule has 180 valence electrons. The highest BCUT2D eigenvalue weighted by molar-refractivity contribution is 6.04. The Balaban J connectivity index is 1.54. The number of anilines is 1. The molecule has 1 fully saturated rings. The van der Waals surface area contributed by atoms with E-state index in [1.54, 1.807) is 30.3 Å². The van der Waals surface area contributed by atoms with Crippen LogP contribution in [-0.4, -0.2) is 35.4 Å². The predicted octanol–water partition coefficient (Wildman–Crippen LogP) is 4.67. The first-order valence-corrected chi connectivity index (χ1v) is 11.4. The summed E-state index contributed by atoms with van der Waals surface area (Å²) in [4.78, 5) is 39.7. The first-order chi connectivity index (χ1) is 17.0. The summed E-state index contributed by atoms with van der Waals surface area (Å²) < 4.78 is 19.5. The van der Waals surface area contributed by atoms with Gasteiger partial charge in [0.2, 0.25) is 5.91 Å². The van der Waals surface area contributed by atoms with Crippen LogP contribution in [0.25, 0.3) is 0 Å². The number of ether oxygens (including phenoxy) is 1. The maximum absolute atomic E-state index is 13.9. The average Bonchev–Trinajstić information content (AvgIpc) is 3.19. The highest BCUT2D eigenvalue weighted by Crippen LogP contribution is 2.34. The Morgan fingerprint density at radius 2 is 1.66 bits per heavy atom. The molecule has 0 saturated carbocycles. The molecular formula is C27H26FN3O4. The van der Waals surface area contributed by atoms with Crippen LogP contribution in [0.4, 0.5) is 14.9 Å². The minimum atomic E-state index is -0.854. The minimum absolute atomic E-state index is 0.0643. The van der Waals surface area contributed by atoms with Gasteiger partial charge < -0.3 is 15.4 Å². The number of hydrogen-bond donors (Lipinski definition) is 2. The Labute approximate surface area is 202 Å². The molecule has 3 aromatic rings. The lowest BCUT2D eigenvalue weighted by molar-refractivity contribution is -0.126. The molecule has 2 N–H and O–H groups in total. The third kappa shape index (κ3) is 5.48. The van der Waals surface area contributed by atoms with Gasteiger partial charge in [-0.3, -0.25) is 14.5 Å². The van der Waals surface area contributed by atoms with Crippen LogP contribution in [0, 0.1) is 5.82 Å². The number of cyclic esters (lactones) is 1. The van der Waals surface area contributed by atoms with Crippen LogP contribution in [0.15, 0.2) is 78.9 Å². The Hall–Kier alpha value is -4.20. The zero-order chi connectivity index (χ0) is 24.8. The highest BCUT2D eigenvalue weighted by atomic mass is 19.1. The topological polar surface area (TPSA) is 87.7 Å². The molecule has 3 amide bonds. The molecule has 0 radical (unpaired) electrons. The number of rotatable bonds is 8. The Morgan fingerprint density at radius 1 is 0.971 bits per heavy atom. The molecule has 8 heteroatoms. The summed E-state index contributed by atoms with van der Waals surface area (Å²) in [6.45, 7) is 2.66. The van der Waals surface area contributed by atoms with E-state index in [4.69, 9.17) is 4.74 Å². The molecule has 2 atom stereocenters. The fourth-order valence-electron chi connectivity index (χ4n) is 3.94. The SMILES string of the molecule is CCCNC(=O)C1C(c2ccc(NC(=O)c3ccccc3F)cc2)OC(=O)N1Cc1ccccc1. The fraction of sp³-hybridized carbons (Fsp3) is 0.222. The van der Waals surface area contributed by atoms with E-state index in [0.717, 1.165) is 12.0 Å². The van der Waals surface area contributed by atoms with Crippen molar-refractivity contribution in [1.29, 1.82) is 0 Å². The van der Waals surface area contributed by atoms with Crippen molar-refractivity contribution in [1.82, 2.24) is 10.2 Å². The van der Waals surface area contributed by atoms with Gasteiger partial charge in [-0.15, -0.1) is 0 Å². The van der Waals surface area contributed by atoms with Crippen molar-refractivity contribution >= 4 is 23.6 Å².